The van der Waals surface area contributed by atoms with Crippen molar-refractivity contribution in [3.8, 4) is 11.5 Å². The minimum atomic E-state index is -1.05. The van der Waals surface area contributed by atoms with Crippen LogP contribution in [0, 0.1) is 0 Å². The van der Waals surface area contributed by atoms with Crippen molar-refractivity contribution in [1.82, 2.24) is 9.97 Å². The molecular formula is C38H34N8NiO6+2. The van der Waals surface area contributed by atoms with E-state index in [1.54, 1.807) is 24.3 Å². The minimum Gasteiger partial charge on any atom is -0.592 e. The predicted octanol–water partition coefficient (Wildman–Crippen LogP) is 8.80. The molecule has 6 rings (SSSR count). The SMILES string of the molecule is CN(c1ccccc1)c1ccc(N=Nc2ccc(C(=O)O)cn2)c([OH2+])c1.CN(c1ccccc1)c1ccc(N=Nc2ccc(C(=O)O)cn2)c([OH2+])c1.[Ni]. The number of rotatable bonds is 10. The average Bonchev–Trinajstić information content (AvgIpc) is 3.17. The predicted molar refractivity (Wildman–Crippen MR) is 199 cm³/mol. The standard InChI is InChI=1S/2C19H16N4O3.Ni/c2*1-23(14-5-3-2-4-6-14)15-8-9-16(17(24)11-15)21-22-18-10-7-13(12-20-18)19(25)26;/h2*2-12,24H,1H3,(H,25,26);/p+2. The van der Waals surface area contributed by atoms with E-state index in [-0.39, 0.29) is 50.8 Å². The number of para-hydroxylation sites is 2. The summed E-state index contributed by atoms with van der Waals surface area (Å²) in [6.07, 6.45) is 2.44. The maximum atomic E-state index is 10.8. The smallest absolute Gasteiger partial charge is 0.337 e. The quantitative estimate of drug-likeness (QED) is 0.0783. The molecule has 14 nitrogen and oxygen atoms in total. The first-order valence-electron chi connectivity index (χ1n) is 15.6. The summed E-state index contributed by atoms with van der Waals surface area (Å²) in [5.74, 6) is -1.08. The first-order chi connectivity index (χ1) is 25.1. The number of aromatic nitrogens is 2. The van der Waals surface area contributed by atoms with Gasteiger partial charge in [0.05, 0.1) is 34.6 Å². The molecule has 53 heavy (non-hydrogen) atoms. The molecule has 0 aliphatic carbocycles. The Hall–Kier alpha value is -6.99. The van der Waals surface area contributed by atoms with Crippen molar-refractivity contribution in [2.45, 2.75) is 0 Å². The number of anilines is 4. The third-order valence-electron chi connectivity index (χ3n) is 7.53. The molecule has 0 aliphatic heterocycles. The van der Waals surface area contributed by atoms with Crippen LogP contribution < -0.4 is 9.80 Å². The van der Waals surface area contributed by atoms with Gasteiger partial charge in [-0.1, -0.05) is 36.4 Å². The number of hydrogen-bond acceptors (Lipinski definition) is 10. The van der Waals surface area contributed by atoms with Gasteiger partial charge in [0, 0.05) is 54.4 Å². The molecule has 2 heterocycles. The van der Waals surface area contributed by atoms with E-state index in [2.05, 4.69) is 30.4 Å². The van der Waals surface area contributed by atoms with E-state index < -0.39 is 11.9 Å². The van der Waals surface area contributed by atoms with Crippen LogP contribution in [-0.2, 0) is 16.5 Å². The largest absolute Gasteiger partial charge is 0.592 e. The van der Waals surface area contributed by atoms with Crippen LogP contribution in [0.15, 0.2) is 154 Å². The topological polar surface area (TPSA) is 202 Å². The second-order valence-corrected chi connectivity index (χ2v) is 11.0. The molecule has 0 fully saturated rings. The molecule has 0 amide bonds. The number of benzene rings is 4. The number of aromatic carboxylic acids is 2. The third kappa shape index (κ3) is 10.5. The summed E-state index contributed by atoms with van der Waals surface area (Å²) in [6.45, 7) is 0. The summed E-state index contributed by atoms with van der Waals surface area (Å²) in [5.41, 5.74) is 4.73. The van der Waals surface area contributed by atoms with Gasteiger partial charge in [0.15, 0.2) is 23.0 Å². The van der Waals surface area contributed by atoms with Crippen molar-refractivity contribution < 1.29 is 46.5 Å². The van der Waals surface area contributed by atoms with Crippen molar-refractivity contribution in [1.29, 1.82) is 0 Å². The van der Waals surface area contributed by atoms with Gasteiger partial charge in [0.1, 0.15) is 0 Å². The average molecular weight is 757 g/mol. The van der Waals surface area contributed by atoms with Crippen LogP contribution in [0.4, 0.5) is 45.8 Å². The Morgan fingerprint density at radius 2 is 0.906 bits per heavy atom. The third-order valence-corrected chi connectivity index (χ3v) is 7.53. The van der Waals surface area contributed by atoms with Crippen molar-refractivity contribution in [2.24, 2.45) is 20.5 Å². The molecule has 2 aromatic heterocycles. The van der Waals surface area contributed by atoms with Crippen LogP contribution in [0.5, 0.6) is 11.5 Å². The minimum absolute atomic E-state index is 0. The Kier molecular flexibility index (Phi) is 13.4. The molecule has 4 aromatic carbocycles. The zero-order chi connectivity index (χ0) is 37.0. The first-order valence-corrected chi connectivity index (χ1v) is 15.6. The van der Waals surface area contributed by atoms with Gasteiger partial charge >= 0.3 is 11.9 Å². The summed E-state index contributed by atoms with van der Waals surface area (Å²) in [7, 11) is 3.86. The molecule has 270 valence electrons. The fourth-order valence-corrected chi connectivity index (χ4v) is 4.59. The molecule has 0 unspecified atom stereocenters. The molecule has 0 saturated heterocycles. The van der Waals surface area contributed by atoms with Crippen molar-refractivity contribution in [3.05, 3.63) is 145 Å². The molecule has 0 saturated carbocycles. The van der Waals surface area contributed by atoms with Gasteiger partial charge in [0.25, 0.3) is 11.5 Å². The van der Waals surface area contributed by atoms with Gasteiger partial charge in [-0.3, -0.25) is 0 Å². The van der Waals surface area contributed by atoms with E-state index in [1.165, 1.54) is 36.7 Å². The maximum Gasteiger partial charge on any atom is 0.337 e. The fourth-order valence-electron chi connectivity index (χ4n) is 4.59. The molecule has 6 aromatic rings. The molecule has 0 spiro atoms. The van der Waals surface area contributed by atoms with Crippen molar-refractivity contribution >= 4 is 57.7 Å². The second kappa shape index (κ2) is 18.3. The summed E-state index contributed by atoms with van der Waals surface area (Å²) < 4.78 is 0. The first kappa shape index (κ1) is 38.8. The monoisotopic (exact) mass is 756 g/mol. The fraction of sp³-hybridized carbons (Fsp3) is 0.0526. The molecule has 15 heteroatoms. The number of pyridine rings is 2. The van der Waals surface area contributed by atoms with Gasteiger partial charge in [0.2, 0.25) is 0 Å². The molecule has 0 aliphatic rings. The Balaban J connectivity index is 0.000000232. The van der Waals surface area contributed by atoms with Gasteiger partial charge < -0.3 is 30.2 Å². The molecule has 0 radical (unpaired) electrons. The number of carboxylic acid groups (broad SMARTS) is 2. The van der Waals surface area contributed by atoms with E-state index in [4.69, 9.17) is 20.4 Å². The maximum absolute atomic E-state index is 10.8. The van der Waals surface area contributed by atoms with Crippen LogP contribution in [0.25, 0.3) is 0 Å². The van der Waals surface area contributed by atoms with E-state index >= 15 is 0 Å². The van der Waals surface area contributed by atoms with Crippen LogP contribution in [0.2, 0.25) is 0 Å². The summed E-state index contributed by atoms with van der Waals surface area (Å²) >= 11 is 0. The van der Waals surface area contributed by atoms with Crippen molar-refractivity contribution in [2.75, 3.05) is 23.9 Å². The number of hydrogen-bond donors (Lipinski definition) is 2. The normalized spacial score (nSPS) is 10.6. The Morgan fingerprint density at radius 1 is 0.528 bits per heavy atom. The molecule has 0 bridgehead atoms. The van der Waals surface area contributed by atoms with E-state index in [9.17, 15) is 9.59 Å². The molecule has 6 N–H and O–H groups in total. The number of carbonyl (C=O) groups is 2. The molecule has 0 atom stereocenters. The number of nitrogens with zero attached hydrogens (tertiary/aromatic N) is 8. The molecular weight excluding hydrogens is 723 g/mol. The van der Waals surface area contributed by atoms with E-state index in [0.29, 0.717) is 11.4 Å². The zero-order valence-corrected chi connectivity index (χ0v) is 29.3. The summed E-state index contributed by atoms with van der Waals surface area (Å²) in [6, 6.07) is 36.0. The Labute approximate surface area is 314 Å². The van der Waals surface area contributed by atoms with Gasteiger partial charge in [-0.05, 0) is 72.8 Å². The van der Waals surface area contributed by atoms with Crippen molar-refractivity contribution in [3.63, 3.8) is 0 Å². The van der Waals surface area contributed by atoms with Gasteiger partial charge in [-0.15, -0.1) is 20.5 Å². The van der Waals surface area contributed by atoms with E-state index in [1.807, 2.05) is 96.7 Å². The van der Waals surface area contributed by atoms with Gasteiger partial charge in [-0.2, -0.15) is 0 Å². The van der Waals surface area contributed by atoms with Crippen LogP contribution in [0.1, 0.15) is 20.7 Å². The Bertz CT molecular complexity index is 2050. The van der Waals surface area contributed by atoms with Gasteiger partial charge in [-0.25, -0.2) is 19.6 Å². The van der Waals surface area contributed by atoms with Crippen LogP contribution in [0.3, 0.4) is 0 Å². The van der Waals surface area contributed by atoms with E-state index in [0.717, 1.165) is 22.7 Å². The number of carboxylic acids is 2. The zero-order valence-electron chi connectivity index (χ0n) is 28.3. The summed E-state index contributed by atoms with van der Waals surface area (Å²) in [4.78, 5) is 33.4. The number of azo groups is 2. The van der Waals surface area contributed by atoms with Crippen LogP contribution in [-0.4, -0.2) is 56.4 Å². The van der Waals surface area contributed by atoms with Crippen LogP contribution >= 0.6 is 0 Å². The summed E-state index contributed by atoms with van der Waals surface area (Å²) in [5, 5.41) is 50.0. The Morgan fingerprint density at radius 3 is 1.21 bits per heavy atom. The second-order valence-electron chi connectivity index (χ2n) is 11.0.